The molecule has 1 N–H and O–H groups in total. The number of benzene rings is 1. The second-order valence-corrected chi connectivity index (χ2v) is 5.27. The predicted molar refractivity (Wildman–Crippen MR) is 78.3 cm³/mol. The Kier molecular flexibility index (Phi) is 3.28. The molecule has 0 amide bonds. The molecule has 3 nitrogen and oxygen atoms in total. The minimum Gasteiger partial charge on any atom is -0.378 e. The predicted octanol–water partition coefficient (Wildman–Crippen LogP) is 3.47. The van der Waals surface area contributed by atoms with Gasteiger partial charge in [-0.2, -0.15) is 5.10 Å². The number of nitrogens with zero attached hydrogens (tertiary/aromatic N) is 2. The quantitative estimate of drug-likeness (QED) is 0.910. The Hall–Kier alpha value is -1.77. The lowest BCUT2D eigenvalue weighted by atomic mass is 9.92. The van der Waals surface area contributed by atoms with E-state index < -0.39 is 0 Å². The lowest BCUT2D eigenvalue weighted by Gasteiger charge is -2.25. The third kappa shape index (κ3) is 2.25. The molecule has 1 aromatic carbocycles. The Morgan fingerprint density at radius 2 is 2.21 bits per heavy atom. The number of fused-ring (bicyclic) bond motifs is 1. The number of nitrogens with one attached hydrogen (secondary N) is 1. The van der Waals surface area contributed by atoms with Gasteiger partial charge in [0.2, 0.25) is 0 Å². The molecule has 1 heterocycles. The molecule has 0 spiro atoms. The fourth-order valence-corrected chi connectivity index (χ4v) is 3.01. The van der Waals surface area contributed by atoms with Gasteiger partial charge in [-0.15, -0.1) is 0 Å². The van der Waals surface area contributed by atoms with Crippen LogP contribution in [0.4, 0.5) is 5.69 Å². The van der Waals surface area contributed by atoms with Gasteiger partial charge in [0.1, 0.15) is 0 Å². The Bertz CT molecular complexity index is 571. The van der Waals surface area contributed by atoms with Gasteiger partial charge < -0.3 is 5.32 Å². The molecular formula is C16H21N3. The molecule has 0 saturated carbocycles. The fraction of sp³-hybridized carbons (Fsp3) is 0.438. The number of aryl methyl sites for hydroxylation is 2. The maximum absolute atomic E-state index is 4.41. The summed E-state index contributed by atoms with van der Waals surface area (Å²) in [6.45, 7) is 2.21. The second-order valence-electron chi connectivity index (χ2n) is 5.27. The first-order chi connectivity index (χ1) is 9.29. The van der Waals surface area contributed by atoms with Crippen molar-refractivity contribution >= 4 is 5.69 Å². The van der Waals surface area contributed by atoms with Crippen LogP contribution in [0.1, 0.15) is 42.6 Å². The monoisotopic (exact) mass is 255 g/mol. The summed E-state index contributed by atoms with van der Waals surface area (Å²) in [5.41, 5.74) is 5.42. The van der Waals surface area contributed by atoms with Gasteiger partial charge in [0, 0.05) is 24.0 Å². The van der Waals surface area contributed by atoms with Crippen LogP contribution >= 0.6 is 0 Å². The lowest BCUT2D eigenvalue weighted by molar-refractivity contribution is 0.571. The van der Waals surface area contributed by atoms with Crippen LogP contribution in [0, 0.1) is 0 Å². The highest BCUT2D eigenvalue weighted by Crippen LogP contribution is 2.33. The van der Waals surface area contributed by atoms with Crippen molar-refractivity contribution < 1.29 is 0 Å². The van der Waals surface area contributed by atoms with Gasteiger partial charge in [-0.3, -0.25) is 4.68 Å². The van der Waals surface area contributed by atoms with Crippen molar-refractivity contribution in [2.24, 2.45) is 7.05 Å². The number of anilines is 1. The fourth-order valence-electron chi connectivity index (χ4n) is 3.01. The van der Waals surface area contributed by atoms with Crippen molar-refractivity contribution in [1.82, 2.24) is 9.78 Å². The molecule has 1 aliphatic carbocycles. The van der Waals surface area contributed by atoms with Crippen LogP contribution in [-0.4, -0.2) is 9.78 Å². The van der Waals surface area contributed by atoms with Crippen LogP contribution in [0.2, 0.25) is 0 Å². The van der Waals surface area contributed by atoms with E-state index in [4.69, 9.17) is 0 Å². The summed E-state index contributed by atoms with van der Waals surface area (Å²) in [4.78, 5) is 0. The molecule has 1 aliphatic rings. The summed E-state index contributed by atoms with van der Waals surface area (Å²) in [5.74, 6) is 0. The number of para-hydroxylation sites is 1. The third-order valence-electron chi connectivity index (χ3n) is 4.10. The number of rotatable bonds is 3. The minimum absolute atomic E-state index is 0.408. The molecule has 1 unspecified atom stereocenters. The summed E-state index contributed by atoms with van der Waals surface area (Å²) in [5, 5.41) is 8.13. The van der Waals surface area contributed by atoms with Crippen LogP contribution in [0.15, 0.2) is 30.5 Å². The SMILES string of the molecule is CCc1ccccc1NC1CCCc2c1cnn2C. The smallest absolute Gasteiger partial charge is 0.0547 e. The summed E-state index contributed by atoms with van der Waals surface area (Å²) in [6, 6.07) is 9.01. The van der Waals surface area contributed by atoms with Crippen molar-refractivity contribution in [2.75, 3.05) is 5.32 Å². The maximum atomic E-state index is 4.41. The van der Waals surface area contributed by atoms with Gasteiger partial charge >= 0.3 is 0 Å². The van der Waals surface area contributed by atoms with E-state index in [1.807, 2.05) is 17.9 Å². The Morgan fingerprint density at radius 3 is 3.05 bits per heavy atom. The first kappa shape index (κ1) is 12.3. The number of hydrogen-bond acceptors (Lipinski definition) is 2. The average Bonchev–Trinajstić information content (AvgIpc) is 2.82. The molecule has 19 heavy (non-hydrogen) atoms. The molecule has 0 radical (unpaired) electrons. The Labute approximate surface area is 114 Å². The largest absolute Gasteiger partial charge is 0.378 e. The van der Waals surface area contributed by atoms with Gasteiger partial charge in [0.25, 0.3) is 0 Å². The zero-order chi connectivity index (χ0) is 13.2. The molecule has 0 saturated heterocycles. The molecule has 1 atom stereocenters. The molecule has 3 rings (SSSR count). The van der Waals surface area contributed by atoms with Crippen molar-refractivity contribution in [3.8, 4) is 0 Å². The molecule has 1 aromatic heterocycles. The lowest BCUT2D eigenvalue weighted by Crippen LogP contribution is -2.18. The zero-order valence-corrected chi connectivity index (χ0v) is 11.7. The van der Waals surface area contributed by atoms with E-state index in [1.165, 1.54) is 35.3 Å². The summed E-state index contributed by atoms with van der Waals surface area (Å²) in [6.07, 6.45) is 6.67. The van der Waals surface area contributed by atoms with E-state index in [2.05, 4.69) is 41.6 Å². The van der Waals surface area contributed by atoms with Crippen LogP contribution in [0.3, 0.4) is 0 Å². The van der Waals surface area contributed by atoms with Gasteiger partial charge in [-0.1, -0.05) is 25.1 Å². The zero-order valence-electron chi connectivity index (χ0n) is 11.7. The van der Waals surface area contributed by atoms with Crippen molar-refractivity contribution in [2.45, 2.75) is 38.6 Å². The molecule has 0 fully saturated rings. The highest BCUT2D eigenvalue weighted by atomic mass is 15.3. The van der Waals surface area contributed by atoms with Crippen molar-refractivity contribution in [1.29, 1.82) is 0 Å². The van der Waals surface area contributed by atoms with Crippen LogP contribution in [0.5, 0.6) is 0 Å². The number of aromatic nitrogens is 2. The molecular weight excluding hydrogens is 234 g/mol. The Morgan fingerprint density at radius 1 is 1.37 bits per heavy atom. The van der Waals surface area contributed by atoms with E-state index in [-0.39, 0.29) is 0 Å². The highest BCUT2D eigenvalue weighted by Gasteiger charge is 2.23. The first-order valence-corrected chi connectivity index (χ1v) is 7.14. The van der Waals surface area contributed by atoms with E-state index in [0.717, 1.165) is 12.8 Å². The standard InChI is InChI=1S/C16H21N3/c1-3-12-7-4-5-8-14(12)18-15-9-6-10-16-13(15)11-17-19(16)2/h4-5,7-8,11,15,18H,3,6,9-10H2,1-2H3. The van der Waals surface area contributed by atoms with E-state index in [9.17, 15) is 0 Å². The molecule has 2 aromatic rings. The second kappa shape index (κ2) is 5.08. The summed E-state index contributed by atoms with van der Waals surface area (Å²) < 4.78 is 2.02. The minimum atomic E-state index is 0.408. The third-order valence-corrected chi connectivity index (χ3v) is 4.10. The normalized spacial score (nSPS) is 18.1. The molecule has 3 heteroatoms. The van der Waals surface area contributed by atoms with Gasteiger partial charge in [0.15, 0.2) is 0 Å². The van der Waals surface area contributed by atoms with Gasteiger partial charge in [-0.05, 0) is 37.3 Å². The van der Waals surface area contributed by atoms with E-state index in [1.54, 1.807) is 0 Å². The van der Waals surface area contributed by atoms with Crippen molar-refractivity contribution in [3.63, 3.8) is 0 Å². The van der Waals surface area contributed by atoms with Crippen molar-refractivity contribution in [3.05, 3.63) is 47.3 Å². The maximum Gasteiger partial charge on any atom is 0.0547 e. The highest BCUT2D eigenvalue weighted by molar-refractivity contribution is 5.53. The van der Waals surface area contributed by atoms with Gasteiger partial charge in [-0.25, -0.2) is 0 Å². The van der Waals surface area contributed by atoms with Crippen LogP contribution in [0.25, 0.3) is 0 Å². The molecule has 0 aliphatic heterocycles. The van der Waals surface area contributed by atoms with Gasteiger partial charge in [0.05, 0.1) is 12.2 Å². The molecule has 100 valence electrons. The van der Waals surface area contributed by atoms with E-state index >= 15 is 0 Å². The number of hydrogen-bond donors (Lipinski definition) is 1. The summed E-state index contributed by atoms with van der Waals surface area (Å²) >= 11 is 0. The summed E-state index contributed by atoms with van der Waals surface area (Å²) in [7, 11) is 2.04. The molecule has 0 bridgehead atoms. The average molecular weight is 255 g/mol. The first-order valence-electron chi connectivity index (χ1n) is 7.14. The van der Waals surface area contributed by atoms with Crippen LogP contribution in [-0.2, 0) is 19.9 Å². The Balaban J connectivity index is 1.88. The topological polar surface area (TPSA) is 29.9 Å². The van der Waals surface area contributed by atoms with Crippen LogP contribution < -0.4 is 5.32 Å². The van der Waals surface area contributed by atoms with E-state index in [0.29, 0.717) is 6.04 Å².